The van der Waals surface area contributed by atoms with Gasteiger partial charge < -0.3 is 9.64 Å². The Morgan fingerprint density at radius 3 is 2.00 bits per heavy atom. The number of hydrogen-bond acceptors (Lipinski definition) is 2. The van der Waals surface area contributed by atoms with E-state index in [0.29, 0.717) is 0 Å². The van der Waals surface area contributed by atoms with Crippen LogP contribution in [0.3, 0.4) is 0 Å². The van der Waals surface area contributed by atoms with E-state index in [4.69, 9.17) is 4.74 Å². The minimum Gasteiger partial charge on any atom is -0.381 e. The monoisotopic (exact) mass is 285 g/mol. The molecule has 0 aliphatic rings. The van der Waals surface area contributed by atoms with Gasteiger partial charge in [0.05, 0.1) is 0 Å². The van der Waals surface area contributed by atoms with Gasteiger partial charge in [0, 0.05) is 13.2 Å². The SMILES string of the molecule is CCCCCCCCCC(CCCN(C)C)COCC. The van der Waals surface area contributed by atoms with Crippen LogP contribution in [-0.2, 0) is 4.74 Å². The minimum atomic E-state index is 0.783. The topological polar surface area (TPSA) is 12.5 Å². The van der Waals surface area contributed by atoms with E-state index >= 15 is 0 Å². The Bertz CT molecular complexity index is 182. The fourth-order valence-corrected chi connectivity index (χ4v) is 2.68. The highest BCUT2D eigenvalue weighted by Gasteiger charge is 2.08. The molecule has 0 saturated carbocycles. The summed E-state index contributed by atoms with van der Waals surface area (Å²) in [7, 11) is 4.32. The molecule has 0 aliphatic carbocycles. The van der Waals surface area contributed by atoms with E-state index in [2.05, 4.69) is 32.8 Å². The Kier molecular flexibility index (Phi) is 15.3. The summed E-state index contributed by atoms with van der Waals surface area (Å²) in [6.45, 7) is 7.43. The van der Waals surface area contributed by atoms with Gasteiger partial charge in [0.25, 0.3) is 0 Å². The maximum absolute atomic E-state index is 5.65. The van der Waals surface area contributed by atoms with Crippen LogP contribution >= 0.6 is 0 Å². The van der Waals surface area contributed by atoms with Crippen molar-refractivity contribution in [1.82, 2.24) is 4.90 Å². The Morgan fingerprint density at radius 1 is 0.800 bits per heavy atom. The average Bonchev–Trinajstić information content (AvgIpc) is 2.42. The van der Waals surface area contributed by atoms with Gasteiger partial charge in [0.2, 0.25) is 0 Å². The summed E-state index contributed by atoms with van der Waals surface area (Å²) >= 11 is 0. The summed E-state index contributed by atoms with van der Waals surface area (Å²) in [4.78, 5) is 2.28. The minimum absolute atomic E-state index is 0.783. The predicted molar refractivity (Wildman–Crippen MR) is 90.4 cm³/mol. The lowest BCUT2D eigenvalue weighted by Gasteiger charge is -2.18. The molecule has 0 aromatic carbocycles. The second kappa shape index (κ2) is 15.3. The molecular formula is C18H39NO. The van der Waals surface area contributed by atoms with Gasteiger partial charge in [-0.05, 0) is 52.7 Å². The van der Waals surface area contributed by atoms with E-state index in [9.17, 15) is 0 Å². The largest absolute Gasteiger partial charge is 0.381 e. The van der Waals surface area contributed by atoms with Gasteiger partial charge in [0.1, 0.15) is 0 Å². The summed E-state index contributed by atoms with van der Waals surface area (Å²) in [5.41, 5.74) is 0. The Balaban J connectivity index is 3.58. The number of nitrogens with zero attached hydrogens (tertiary/aromatic N) is 1. The van der Waals surface area contributed by atoms with E-state index in [1.165, 1.54) is 70.8 Å². The van der Waals surface area contributed by atoms with Gasteiger partial charge in [-0.2, -0.15) is 0 Å². The van der Waals surface area contributed by atoms with Crippen molar-refractivity contribution in [1.29, 1.82) is 0 Å². The lowest BCUT2D eigenvalue weighted by atomic mass is 9.96. The Hall–Kier alpha value is -0.0800. The van der Waals surface area contributed by atoms with Gasteiger partial charge in [-0.15, -0.1) is 0 Å². The highest BCUT2D eigenvalue weighted by Crippen LogP contribution is 2.17. The first-order valence-corrected chi connectivity index (χ1v) is 8.93. The number of hydrogen-bond donors (Lipinski definition) is 0. The average molecular weight is 286 g/mol. The third kappa shape index (κ3) is 14.3. The van der Waals surface area contributed by atoms with Gasteiger partial charge >= 0.3 is 0 Å². The van der Waals surface area contributed by atoms with Crippen molar-refractivity contribution in [2.45, 2.75) is 78.1 Å². The number of unbranched alkanes of at least 4 members (excludes halogenated alkanes) is 6. The first-order chi connectivity index (χ1) is 9.70. The first kappa shape index (κ1) is 19.9. The maximum Gasteiger partial charge on any atom is 0.0494 e. The zero-order chi connectivity index (χ0) is 15.1. The molecule has 0 saturated heterocycles. The fourth-order valence-electron chi connectivity index (χ4n) is 2.68. The van der Waals surface area contributed by atoms with E-state index in [1.54, 1.807) is 0 Å². The summed E-state index contributed by atoms with van der Waals surface area (Å²) in [6, 6.07) is 0. The zero-order valence-corrected chi connectivity index (χ0v) is 14.6. The van der Waals surface area contributed by atoms with Gasteiger partial charge in [0.15, 0.2) is 0 Å². The van der Waals surface area contributed by atoms with Crippen molar-refractivity contribution in [3.63, 3.8) is 0 Å². The van der Waals surface area contributed by atoms with E-state index in [-0.39, 0.29) is 0 Å². The summed E-state index contributed by atoms with van der Waals surface area (Å²) in [6.07, 6.45) is 13.9. The van der Waals surface area contributed by atoms with Crippen LogP contribution in [0.4, 0.5) is 0 Å². The molecule has 122 valence electrons. The quantitative estimate of drug-likeness (QED) is 0.387. The van der Waals surface area contributed by atoms with Crippen molar-refractivity contribution in [3.05, 3.63) is 0 Å². The molecule has 0 bridgehead atoms. The summed E-state index contributed by atoms with van der Waals surface area (Å²) < 4.78 is 5.65. The van der Waals surface area contributed by atoms with Crippen molar-refractivity contribution < 1.29 is 4.74 Å². The maximum atomic E-state index is 5.65. The Morgan fingerprint density at radius 2 is 1.40 bits per heavy atom. The molecule has 0 aliphatic heterocycles. The van der Waals surface area contributed by atoms with Crippen LogP contribution in [0.1, 0.15) is 78.1 Å². The molecule has 1 unspecified atom stereocenters. The zero-order valence-electron chi connectivity index (χ0n) is 14.6. The van der Waals surface area contributed by atoms with Crippen LogP contribution in [0.15, 0.2) is 0 Å². The summed E-state index contributed by atoms with van der Waals surface area (Å²) in [5, 5.41) is 0. The molecule has 0 amide bonds. The van der Waals surface area contributed by atoms with Crippen LogP contribution in [0, 0.1) is 5.92 Å². The van der Waals surface area contributed by atoms with Crippen LogP contribution in [0.25, 0.3) is 0 Å². The molecule has 0 heterocycles. The van der Waals surface area contributed by atoms with Crippen molar-refractivity contribution >= 4 is 0 Å². The second-order valence-corrected chi connectivity index (χ2v) is 6.38. The molecular weight excluding hydrogens is 246 g/mol. The summed E-state index contributed by atoms with van der Waals surface area (Å²) in [5.74, 6) is 0.783. The van der Waals surface area contributed by atoms with E-state index in [1.807, 2.05) is 0 Å². The normalized spacial score (nSPS) is 13.1. The number of ether oxygens (including phenoxy) is 1. The molecule has 2 heteroatoms. The van der Waals surface area contributed by atoms with Gasteiger partial charge in [-0.25, -0.2) is 0 Å². The lowest BCUT2D eigenvalue weighted by molar-refractivity contribution is 0.100. The van der Waals surface area contributed by atoms with Crippen LogP contribution < -0.4 is 0 Å². The molecule has 0 spiro atoms. The molecule has 2 nitrogen and oxygen atoms in total. The third-order valence-corrected chi connectivity index (χ3v) is 3.99. The van der Waals surface area contributed by atoms with E-state index < -0.39 is 0 Å². The second-order valence-electron chi connectivity index (χ2n) is 6.38. The van der Waals surface area contributed by atoms with Crippen LogP contribution in [-0.4, -0.2) is 38.8 Å². The van der Waals surface area contributed by atoms with E-state index in [0.717, 1.165) is 19.1 Å². The number of rotatable bonds is 15. The van der Waals surface area contributed by atoms with Gasteiger partial charge in [-0.1, -0.05) is 51.9 Å². The van der Waals surface area contributed by atoms with Gasteiger partial charge in [-0.3, -0.25) is 0 Å². The predicted octanol–water partition coefficient (Wildman–Crippen LogP) is 5.12. The molecule has 0 aromatic heterocycles. The van der Waals surface area contributed by atoms with Crippen molar-refractivity contribution in [3.8, 4) is 0 Å². The third-order valence-electron chi connectivity index (χ3n) is 3.99. The van der Waals surface area contributed by atoms with Crippen molar-refractivity contribution in [2.24, 2.45) is 5.92 Å². The molecule has 0 fully saturated rings. The standard InChI is InChI=1S/C18H39NO/c1-5-7-8-9-10-11-12-14-18(17-20-6-2)15-13-16-19(3)4/h18H,5-17H2,1-4H3. The lowest BCUT2D eigenvalue weighted by Crippen LogP contribution is -2.16. The molecule has 0 N–H and O–H groups in total. The molecule has 0 radical (unpaired) electrons. The first-order valence-electron chi connectivity index (χ1n) is 8.93. The molecule has 1 atom stereocenters. The highest BCUT2D eigenvalue weighted by molar-refractivity contribution is 4.61. The smallest absolute Gasteiger partial charge is 0.0494 e. The van der Waals surface area contributed by atoms with Crippen LogP contribution in [0.5, 0.6) is 0 Å². The van der Waals surface area contributed by atoms with Crippen molar-refractivity contribution in [2.75, 3.05) is 33.9 Å². The van der Waals surface area contributed by atoms with Crippen LogP contribution in [0.2, 0.25) is 0 Å². The molecule has 0 rings (SSSR count). The highest BCUT2D eigenvalue weighted by atomic mass is 16.5. The fraction of sp³-hybridized carbons (Fsp3) is 1.00. The Labute approximate surface area is 128 Å². The molecule has 0 aromatic rings. The molecule has 20 heavy (non-hydrogen) atoms.